The lowest BCUT2D eigenvalue weighted by Crippen LogP contribution is -2.25. The largest absolute Gasteiger partial charge is 0.497 e. The molecule has 2 fully saturated rings. The number of ether oxygens (including phenoxy) is 1. The van der Waals surface area contributed by atoms with Crippen LogP contribution >= 0.6 is 0 Å². The summed E-state index contributed by atoms with van der Waals surface area (Å²) in [6.45, 7) is 2.05. The molecule has 1 aromatic carbocycles. The Kier molecular flexibility index (Phi) is 4.46. The molecule has 2 aliphatic carbocycles. The second-order valence-corrected chi connectivity index (χ2v) is 6.59. The Morgan fingerprint density at radius 2 is 2.05 bits per heavy atom. The van der Waals surface area contributed by atoms with Crippen LogP contribution in [0.4, 0.5) is 0 Å². The van der Waals surface area contributed by atoms with E-state index >= 15 is 0 Å². The number of methoxy groups -OCH3 is 1. The molecule has 118 valence electrons. The lowest BCUT2D eigenvalue weighted by atomic mass is 9.86. The van der Waals surface area contributed by atoms with Gasteiger partial charge >= 0.3 is 0 Å². The van der Waals surface area contributed by atoms with E-state index in [0.29, 0.717) is 12.3 Å². The van der Waals surface area contributed by atoms with Gasteiger partial charge in [0, 0.05) is 11.6 Å². The van der Waals surface area contributed by atoms with Gasteiger partial charge in [0.1, 0.15) is 5.75 Å². The summed E-state index contributed by atoms with van der Waals surface area (Å²) in [5.41, 5.74) is 4.77. The molecule has 0 heterocycles. The Morgan fingerprint density at radius 1 is 1.27 bits per heavy atom. The monoisotopic (exact) mass is 300 g/mol. The fourth-order valence-corrected chi connectivity index (χ4v) is 3.96. The van der Waals surface area contributed by atoms with Crippen molar-refractivity contribution in [3.05, 3.63) is 29.8 Å². The number of amides is 1. The van der Waals surface area contributed by atoms with E-state index in [4.69, 9.17) is 4.74 Å². The molecule has 1 aromatic rings. The molecule has 0 radical (unpaired) electrons. The summed E-state index contributed by atoms with van der Waals surface area (Å²) in [5, 5.41) is 4.35. The first-order valence-electron chi connectivity index (χ1n) is 8.11. The zero-order valence-electron chi connectivity index (χ0n) is 13.3. The summed E-state index contributed by atoms with van der Waals surface area (Å²) in [7, 11) is 1.63. The van der Waals surface area contributed by atoms with Crippen LogP contribution in [0.1, 0.15) is 38.2 Å². The van der Waals surface area contributed by atoms with E-state index in [0.717, 1.165) is 28.9 Å². The lowest BCUT2D eigenvalue weighted by molar-refractivity contribution is -0.120. The lowest BCUT2D eigenvalue weighted by Gasteiger charge is -2.21. The summed E-state index contributed by atoms with van der Waals surface area (Å²) in [6, 6.07) is 7.55. The number of carbonyl (C=O) groups is 1. The average Bonchev–Trinajstić information content (AvgIpc) is 3.16. The molecule has 2 bridgehead atoms. The van der Waals surface area contributed by atoms with Crippen LogP contribution in [0.5, 0.6) is 5.75 Å². The number of fused-ring (bicyclic) bond motifs is 2. The van der Waals surface area contributed by atoms with Gasteiger partial charge in [0.25, 0.3) is 0 Å². The number of nitrogens with one attached hydrogen (secondary N) is 1. The van der Waals surface area contributed by atoms with Crippen molar-refractivity contribution in [1.82, 2.24) is 5.43 Å². The number of hydrogen-bond donors (Lipinski definition) is 1. The fraction of sp³-hybridized carbons (Fsp3) is 0.556. The van der Waals surface area contributed by atoms with Gasteiger partial charge in [-0.1, -0.05) is 18.6 Å². The molecule has 0 aliphatic heterocycles. The molecular weight excluding hydrogens is 276 g/mol. The number of hydrazone groups is 1. The highest BCUT2D eigenvalue weighted by Crippen LogP contribution is 2.48. The molecule has 0 saturated heterocycles. The van der Waals surface area contributed by atoms with Crippen LogP contribution in [-0.4, -0.2) is 18.7 Å². The first-order valence-corrected chi connectivity index (χ1v) is 8.11. The van der Waals surface area contributed by atoms with Gasteiger partial charge in [0.15, 0.2) is 0 Å². The van der Waals surface area contributed by atoms with Crippen molar-refractivity contribution in [2.24, 2.45) is 22.9 Å². The van der Waals surface area contributed by atoms with Crippen LogP contribution in [0, 0.1) is 17.8 Å². The van der Waals surface area contributed by atoms with Crippen molar-refractivity contribution in [3.63, 3.8) is 0 Å². The molecule has 4 nitrogen and oxygen atoms in total. The third kappa shape index (κ3) is 3.32. The molecule has 4 heteroatoms. The van der Waals surface area contributed by atoms with E-state index < -0.39 is 0 Å². The van der Waals surface area contributed by atoms with Gasteiger partial charge in [0.2, 0.25) is 5.91 Å². The fourth-order valence-electron chi connectivity index (χ4n) is 3.96. The summed E-state index contributed by atoms with van der Waals surface area (Å²) in [6.07, 6.45) is 5.68. The first kappa shape index (κ1) is 15.1. The molecule has 3 atom stereocenters. The molecule has 0 unspecified atom stereocenters. The summed E-state index contributed by atoms with van der Waals surface area (Å²) in [4.78, 5) is 12.0. The molecule has 3 rings (SSSR count). The van der Waals surface area contributed by atoms with Crippen molar-refractivity contribution in [2.45, 2.75) is 39.0 Å². The predicted octanol–water partition coefficient (Wildman–Crippen LogP) is 3.17. The van der Waals surface area contributed by atoms with Gasteiger partial charge in [-0.3, -0.25) is 4.79 Å². The Hall–Kier alpha value is -1.84. The Morgan fingerprint density at radius 3 is 2.64 bits per heavy atom. The maximum Gasteiger partial charge on any atom is 0.244 e. The summed E-state index contributed by atoms with van der Waals surface area (Å²) in [5.74, 6) is 3.02. The molecule has 2 aliphatic rings. The first-order chi connectivity index (χ1) is 10.7. The number of nitrogens with zero attached hydrogens (tertiary/aromatic N) is 1. The highest BCUT2D eigenvalue weighted by Gasteiger charge is 2.40. The Balaban J connectivity index is 1.51. The van der Waals surface area contributed by atoms with Crippen LogP contribution in [0.25, 0.3) is 0 Å². The van der Waals surface area contributed by atoms with Crippen molar-refractivity contribution in [2.75, 3.05) is 7.11 Å². The van der Waals surface area contributed by atoms with Gasteiger partial charge < -0.3 is 4.74 Å². The van der Waals surface area contributed by atoms with E-state index in [1.807, 2.05) is 24.3 Å². The zero-order valence-corrected chi connectivity index (χ0v) is 13.3. The number of benzene rings is 1. The second kappa shape index (κ2) is 6.51. The quantitative estimate of drug-likeness (QED) is 0.671. The molecular formula is C18H24N2O2. The number of hydrogen-bond acceptors (Lipinski definition) is 3. The SMILES string of the molecule is COc1ccc(CC(=O)N/N=C(/C)[C@@H]2C[C@@H]3CC[C@@H]2C3)cc1. The van der Waals surface area contributed by atoms with Crippen LogP contribution in [0.2, 0.25) is 0 Å². The van der Waals surface area contributed by atoms with Crippen molar-refractivity contribution >= 4 is 11.6 Å². The molecule has 2 saturated carbocycles. The normalized spacial score (nSPS) is 27.0. The average molecular weight is 300 g/mol. The third-order valence-electron chi connectivity index (χ3n) is 5.16. The minimum absolute atomic E-state index is 0.0623. The standard InChI is InChI=1S/C18H24N2O2/c1-12(17-10-14-3-6-15(17)9-14)19-20-18(21)11-13-4-7-16(22-2)8-5-13/h4-5,7-8,14-15,17H,3,6,9-11H2,1-2H3,(H,20,21)/b19-12-/t14-,15-,17+/m1/s1. The van der Waals surface area contributed by atoms with Gasteiger partial charge in [-0.25, -0.2) is 5.43 Å². The van der Waals surface area contributed by atoms with Crippen LogP contribution in [-0.2, 0) is 11.2 Å². The third-order valence-corrected chi connectivity index (χ3v) is 5.16. The molecule has 0 spiro atoms. The molecule has 1 N–H and O–H groups in total. The Labute approximate surface area is 131 Å². The van der Waals surface area contributed by atoms with Crippen molar-refractivity contribution < 1.29 is 9.53 Å². The predicted molar refractivity (Wildman–Crippen MR) is 86.9 cm³/mol. The van der Waals surface area contributed by atoms with Gasteiger partial charge in [-0.15, -0.1) is 0 Å². The van der Waals surface area contributed by atoms with E-state index in [1.165, 1.54) is 25.7 Å². The van der Waals surface area contributed by atoms with Gasteiger partial charge in [-0.05, 0) is 55.7 Å². The maximum atomic E-state index is 12.0. The maximum absolute atomic E-state index is 12.0. The van der Waals surface area contributed by atoms with Crippen LogP contribution < -0.4 is 10.2 Å². The number of rotatable bonds is 5. The van der Waals surface area contributed by atoms with Crippen LogP contribution in [0.15, 0.2) is 29.4 Å². The highest BCUT2D eigenvalue weighted by molar-refractivity contribution is 5.87. The molecule has 0 aromatic heterocycles. The summed E-state index contributed by atoms with van der Waals surface area (Å²) < 4.78 is 5.11. The zero-order chi connectivity index (χ0) is 15.5. The van der Waals surface area contributed by atoms with E-state index in [9.17, 15) is 4.79 Å². The van der Waals surface area contributed by atoms with Crippen molar-refractivity contribution in [3.8, 4) is 5.75 Å². The van der Waals surface area contributed by atoms with Crippen LogP contribution in [0.3, 0.4) is 0 Å². The smallest absolute Gasteiger partial charge is 0.244 e. The van der Waals surface area contributed by atoms with E-state index in [2.05, 4.69) is 17.5 Å². The Bertz CT molecular complexity index is 565. The van der Waals surface area contributed by atoms with E-state index in [-0.39, 0.29) is 5.91 Å². The minimum Gasteiger partial charge on any atom is -0.497 e. The minimum atomic E-state index is -0.0623. The highest BCUT2D eigenvalue weighted by atomic mass is 16.5. The van der Waals surface area contributed by atoms with E-state index in [1.54, 1.807) is 7.11 Å². The van der Waals surface area contributed by atoms with Gasteiger partial charge in [0.05, 0.1) is 13.5 Å². The second-order valence-electron chi connectivity index (χ2n) is 6.59. The topological polar surface area (TPSA) is 50.7 Å². The summed E-state index contributed by atoms with van der Waals surface area (Å²) >= 11 is 0. The van der Waals surface area contributed by atoms with Gasteiger partial charge in [-0.2, -0.15) is 5.10 Å². The number of carbonyl (C=O) groups excluding carboxylic acids is 1. The van der Waals surface area contributed by atoms with Crippen molar-refractivity contribution in [1.29, 1.82) is 0 Å². The molecule has 22 heavy (non-hydrogen) atoms. The molecule has 1 amide bonds.